The largest absolute Gasteiger partial charge is 0.494 e. The number of nitrogens with one attached hydrogen (secondary N) is 1. The number of furan rings is 1. The van der Waals surface area contributed by atoms with Crippen molar-refractivity contribution in [1.29, 1.82) is 0 Å². The van der Waals surface area contributed by atoms with Crippen LogP contribution in [0.2, 0.25) is 0 Å². The zero-order valence-electron chi connectivity index (χ0n) is 16.4. The van der Waals surface area contributed by atoms with E-state index >= 15 is 0 Å². The molecule has 1 aliphatic rings. The first kappa shape index (κ1) is 20.5. The summed E-state index contributed by atoms with van der Waals surface area (Å²) in [4.78, 5) is 26.8. The number of anilines is 1. The van der Waals surface area contributed by atoms with Crippen LogP contribution in [-0.4, -0.2) is 23.5 Å². The fraction of sp³-hybridized carbons (Fsp3) is 0.0870. The molecule has 156 valence electrons. The van der Waals surface area contributed by atoms with Gasteiger partial charge in [0.2, 0.25) is 0 Å². The monoisotopic (exact) mass is 436 g/mol. The van der Waals surface area contributed by atoms with Gasteiger partial charge in [-0.05, 0) is 73.7 Å². The van der Waals surface area contributed by atoms with Gasteiger partial charge in [-0.15, -0.1) is 0 Å². The van der Waals surface area contributed by atoms with Crippen molar-refractivity contribution in [3.8, 4) is 17.1 Å². The minimum Gasteiger partial charge on any atom is -0.494 e. The highest BCUT2D eigenvalue weighted by Crippen LogP contribution is 2.27. The van der Waals surface area contributed by atoms with E-state index in [1.165, 1.54) is 23.1 Å². The Bertz CT molecular complexity index is 1200. The van der Waals surface area contributed by atoms with Gasteiger partial charge in [-0.2, -0.15) is 0 Å². The van der Waals surface area contributed by atoms with Gasteiger partial charge < -0.3 is 9.15 Å². The van der Waals surface area contributed by atoms with Crippen LogP contribution in [0.25, 0.3) is 17.4 Å². The van der Waals surface area contributed by atoms with Crippen LogP contribution in [0, 0.1) is 5.82 Å². The lowest BCUT2D eigenvalue weighted by Gasteiger charge is -2.29. The highest BCUT2D eigenvalue weighted by molar-refractivity contribution is 7.80. The van der Waals surface area contributed by atoms with Gasteiger partial charge in [0.15, 0.2) is 5.11 Å². The number of carbonyl (C=O) groups excluding carboxylic acids is 2. The molecule has 4 rings (SSSR count). The van der Waals surface area contributed by atoms with Crippen LogP contribution in [0.3, 0.4) is 0 Å². The highest BCUT2D eigenvalue weighted by Gasteiger charge is 2.35. The summed E-state index contributed by atoms with van der Waals surface area (Å²) in [6.45, 7) is 2.33. The second kappa shape index (κ2) is 8.53. The maximum Gasteiger partial charge on any atom is 0.270 e. The van der Waals surface area contributed by atoms with Crippen molar-refractivity contribution < 1.29 is 23.1 Å². The Morgan fingerprint density at radius 2 is 1.90 bits per heavy atom. The van der Waals surface area contributed by atoms with Crippen molar-refractivity contribution in [1.82, 2.24) is 5.32 Å². The first-order valence-electron chi connectivity index (χ1n) is 9.46. The fourth-order valence-electron chi connectivity index (χ4n) is 3.11. The summed E-state index contributed by atoms with van der Waals surface area (Å²) >= 11 is 5.22. The summed E-state index contributed by atoms with van der Waals surface area (Å²) in [6.07, 6.45) is 1.35. The van der Waals surface area contributed by atoms with Crippen LogP contribution in [0.15, 0.2) is 70.7 Å². The van der Waals surface area contributed by atoms with E-state index in [1.54, 1.807) is 48.5 Å². The Morgan fingerprint density at radius 1 is 1.13 bits per heavy atom. The number of thiocarbonyl (C=S) groups is 1. The van der Waals surface area contributed by atoms with Gasteiger partial charge in [0.05, 0.1) is 12.3 Å². The standard InChI is InChI=1S/C23H17FN2O4S/c1-2-29-17-5-3-4-16(12-17)26-22(28)19(21(27)25-23(26)31)13-18-10-11-20(30-18)14-6-8-15(24)9-7-14/h3-13H,2H2,1H3,(H,25,27,31)/b19-13-. The van der Waals surface area contributed by atoms with Gasteiger partial charge >= 0.3 is 0 Å². The van der Waals surface area contributed by atoms with Gasteiger partial charge in [0.1, 0.15) is 28.7 Å². The van der Waals surface area contributed by atoms with Crippen molar-refractivity contribution >= 4 is 40.9 Å². The van der Waals surface area contributed by atoms with Crippen LogP contribution in [0.4, 0.5) is 10.1 Å². The highest BCUT2D eigenvalue weighted by atomic mass is 32.1. The van der Waals surface area contributed by atoms with Crippen molar-refractivity contribution in [2.45, 2.75) is 6.92 Å². The van der Waals surface area contributed by atoms with E-state index in [2.05, 4.69) is 5.32 Å². The SMILES string of the molecule is CCOc1cccc(N2C(=O)/C(=C\c3ccc(-c4ccc(F)cc4)o3)C(=O)NC2=S)c1. The van der Waals surface area contributed by atoms with Gasteiger partial charge in [-0.1, -0.05) is 6.07 Å². The normalized spacial score (nSPS) is 15.4. The number of halogens is 1. The molecule has 6 nitrogen and oxygen atoms in total. The molecule has 0 spiro atoms. The van der Waals surface area contributed by atoms with E-state index in [9.17, 15) is 14.0 Å². The van der Waals surface area contributed by atoms with E-state index in [1.807, 2.05) is 6.92 Å². The molecule has 31 heavy (non-hydrogen) atoms. The number of hydrogen-bond acceptors (Lipinski definition) is 5. The summed E-state index contributed by atoms with van der Waals surface area (Å²) < 4.78 is 24.3. The minimum absolute atomic E-state index is 0.0211. The second-order valence-corrected chi connectivity index (χ2v) is 6.98. The number of hydrogen-bond donors (Lipinski definition) is 1. The third kappa shape index (κ3) is 4.24. The topological polar surface area (TPSA) is 71.8 Å². The molecule has 0 radical (unpaired) electrons. The number of ether oxygens (including phenoxy) is 1. The lowest BCUT2D eigenvalue weighted by Crippen LogP contribution is -2.54. The summed E-state index contributed by atoms with van der Waals surface area (Å²) in [5.74, 6) is -0.199. The lowest BCUT2D eigenvalue weighted by atomic mass is 10.1. The number of benzene rings is 2. The van der Waals surface area contributed by atoms with E-state index in [0.29, 0.717) is 35.1 Å². The Morgan fingerprint density at radius 3 is 2.65 bits per heavy atom. The van der Waals surface area contributed by atoms with E-state index in [4.69, 9.17) is 21.4 Å². The average Bonchev–Trinajstić information content (AvgIpc) is 3.21. The summed E-state index contributed by atoms with van der Waals surface area (Å²) in [5, 5.41) is 2.51. The molecule has 2 heterocycles. The van der Waals surface area contributed by atoms with Crippen molar-refractivity contribution in [3.63, 3.8) is 0 Å². The van der Waals surface area contributed by atoms with Crippen molar-refractivity contribution in [2.24, 2.45) is 0 Å². The Kier molecular flexibility index (Phi) is 5.64. The molecule has 0 aliphatic carbocycles. The van der Waals surface area contributed by atoms with Gasteiger partial charge in [0, 0.05) is 11.6 Å². The lowest BCUT2D eigenvalue weighted by molar-refractivity contribution is -0.122. The summed E-state index contributed by atoms with van der Waals surface area (Å²) in [6, 6.07) is 16.0. The molecule has 0 saturated carbocycles. The molecule has 0 atom stereocenters. The molecule has 0 unspecified atom stereocenters. The number of rotatable bonds is 5. The van der Waals surface area contributed by atoms with Crippen LogP contribution in [0.5, 0.6) is 5.75 Å². The van der Waals surface area contributed by atoms with Crippen LogP contribution < -0.4 is 15.0 Å². The number of amides is 2. The molecule has 3 aromatic rings. The fourth-order valence-corrected chi connectivity index (χ4v) is 3.39. The molecule has 2 amide bonds. The zero-order chi connectivity index (χ0) is 22.0. The molecule has 1 aliphatic heterocycles. The van der Waals surface area contributed by atoms with Gasteiger partial charge in [0.25, 0.3) is 11.8 Å². The molecule has 1 N–H and O–H groups in total. The Hall–Kier alpha value is -3.78. The quantitative estimate of drug-likeness (QED) is 0.367. The maximum atomic E-state index is 13.1. The first-order chi connectivity index (χ1) is 15.0. The van der Waals surface area contributed by atoms with Gasteiger partial charge in [-0.25, -0.2) is 4.39 Å². The summed E-state index contributed by atoms with van der Waals surface area (Å²) in [5.41, 5.74) is 1.01. The smallest absolute Gasteiger partial charge is 0.270 e. The maximum absolute atomic E-state index is 13.1. The molecule has 8 heteroatoms. The minimum atomic E-state index is -0.619. The number of nitrogens with zero attached hydrogens (tertiary/aromatic N) is 1. The molecular weight excluding hydrogens is 419 g/mol. The molecule has 1 fully saturated rings. The Balaban J connectivity index is 1.65. The molecular formula is C23H17FN2O4S. The average molecular weight is 436 g/mol. The van der Waals surface area contributed by atoms with Crippen LogP contribution in [0.1, 0.15) is 12.7 Å². The Labute approximate surface area is 182 Å². The molecule has 0 bridgehead atoms. The molecule has 1 saturated heterocycles. The van der Waals surface area contributed by atoms with E-state index < -0.39 is 11.8 Å². The molecule has 2 aromatic carbocycles. The van der Waals surface area contributed by atoms with Gasteiger partial charge in [-0.3, -0.25) is 19.8 Å². The third-order valence-electron chi connectivity index (χ3n) is 4.53. The van der Waals surface area contributed by atoms with Crippen LogP contribution >= 0.6 is 12.2 Å². The second-order valence-electron chi connectivity index (χ2n) is 6.60. The molecule has 1 aromatic heterocycles. The first-order valence-corrected chi connectivity index (χ1v) is 9.87. The van der Waals surface area contributed by atoms with Crippen LogP contribution in [-0.2, 0) is 9.59 Å². The third-order valence-corrected chi connectivity index (χ3v) is 4.82. The predicted octanol–water partition coefficient (Wildman–Crippen LogP) is 4.32. The summed E-state index contributed by atoms with van der Waals surface area (Å²) in [7, 11) is 0. The zero-order valence-corrected chi connectivity index (χ0v) is 17.2. The van der Waals surface area contributed by atoms with E-state index in [0.717, 1.165) is 0 Å². The van der Waals surface area contributed by atoms with Crippen molar-refractivity contribution in [2.75, 3.05) is 11.5 Å². The number of carbonyl (C=O) groups is 2. The van der Waals surface area contributed by atoms with E-state index in [-0.39, 0.29) is 16.5 Å². The van der Waals surface area contributed by atoms with Crippen molar-refractivity contribution in [3.05, 3.63) is 77.8 Å². The predicted molar refractivity (Wildman–Crippen MR) is 118 cm³/mol.